The van der Waals surface area contributed by atoms with E-state index in [4.69, 9.17) is 16.3 Å². The molecule has 2 aromatic rings. The summed E-state index contributed by atoms with van der Waals surface area (Å²) in [5.74, 6) is -0.0361. The number of carbonyl (C=O) groups is 1. The van der Waals surface area contributed by atoms with Crippen LogP contribution in [0.25, 0.3) is 0 Å². The van der Waals surface area contributed by atoms with Gasteiger partial charge in [0, 0.05) is 16.9 Å². The molecule has 5 nitrogen and oxygen atoms in total. The Labute approximate surface area is 151 Å². The molecule has 0 aliphatic heterocycles. The highest BCUT2D eigenvalue weighted by molar-refractivity contribution is 6.30. The van der Waals surface area contributed by atoms with Crippen LogP contribution in [0.4, 0.5) is 4.79 Å². The average molecular weight is 359 g/mol. The lowest BCUT2D eigenvalue weighted by atomic mass is 10.0. The molecule has 0 saturated heterocycles. The first-order valence-corrected chi connectivity index (χ1v) is 8.56. The maximum Gasteiger partial charge on any atom is 0.433 e. The van der Waals surface area contributed by atoms with Gasteiger partial charge in [0.1, 0.15) is 0 Å². The third kappa shape index (κ3) is 3.51. The van der Waals surface area contributed by atoms with Crippen molar-refractivity contribution in [3.8, 4) is 0 Å². The Morgan fingerprint density at radius 1 is 1.08 bits per heavy atom. The van der Waals surface area contributed by atoms with Crippen molar-refractivity contribution in [1.29, 1.82) is 0 Å². The van der Waals surface area contributed by atoms with Crippen LogP contribution in [-0.4, -0.2) is 23.8 Å². The second-order valence-corrected chi connectivity index (χ2v) is 6.57. The van der Waals surface area contributed by atoms with E-state index in [9.17, 15) is 9.70 Å². The van der Waals surface area contributed by atoms with E-state index < -0.39 is 6.09 Å². The molecule has 1 aliphatic rings. The molecule has 0 heterocycles. The van der Waals surface area contributed by atoms with Crippen LogP contribution in [0.15, 0.2) is 53.8 Å². The first kappa shape index (κ1) is 17.4. The summed E-state index contributed by atoms with van der Waals surface area (Å²) in [4.78, 5) is 23.4. The highest BCUT2D eigenvalue weighted by Crippen LogP contribution is 2.58. The summed E-state index contributed by atoms with van der Waals surface area (Å²) < 4.78 is 4.97. The summed E-state index contributed by atoms with van der Waals surface area (Å²) in [6.45, 7) is 3.91. The van der Waals surface area contributed by atoms with Crippen LogP contribution in [0.5, 0.6) is 0 Å². The van der Waals surface area contributed by atoms with Gasteiger partial charge in [-0.2, -0.15) is 5.01 Å². The molecule has 0 bridgehead atoms. The number of carbonyl (C=O) groups excluding carboxylic acids is 1. The number of amides is 1. The molecule has 6 heteroatoms. The molecule has 1 saturated carbocycles. The molecule has 0 spiro atoms. The summed E-state index contributed by atoms with van der Waals surface area (Å²) in [6, 6.07) is 15.2. The van der Waals surface area contributed by atoms with E-state index in [1.807, 2.05) is 55.5 Å². The highest BCUT2D eigenvalue weighted by Gasteiger charge is 2.58. The number of hydrogen-bond acceptors (Lipinski definition) is 4. The predicted molar refractivity (Wildman–Crippen MR) is 96.6 cm³/mol. The third-order valence-electron chi connectivity index (χ3n) is 4.52. The largest absolute Gasteiger partial charge is 0.448 e. The number of rotatable bonds is 5. The van der Waals surface area contributed by atoms with Gasteiger partial charge in [-0.3, -0.25) is 0 Å². The van der Waals surface area contributed by atoms with Crippen LogP contribution >= 0.6 is 11.6 Å². The number of halogens is 1. The Bertz CT molecular complexity index is 710. The van der Waals surface area contributed by atoms with Gasteiger partial charge in [0.15, 0.2) is 0 Å². The maximum absolute atomic E-state index is 12.1. The van der Waals surface area contributed by atoms with Gasteiger partial charge >= 0.3 is 6.09 Å². The molecule has 0 radical (unpaired) electrons. The smallest absolute Gasteiger partial charge is 0.433 e. The first-order valence-electron chi connectivity index (χ1n) is 8.18. The molecule has 2 aromatic carbocycles. The monoisotopic (exact) mass is 358 g/mol. The van der Waals surface area contributed by atoms with Gasteiger partial charge in [-0.25, -0.2) is 4.79 Å². The highest BCUT2D eigenvalue weighted by atomic mass is 35.5. The molecule has 1 fully saturated rings. The van der Waals surface area contributed by atoms with Gasteiger partial charge < -0.3 is 4.74 Å². The van der Waals surface area contributed by atoms with Crippen molar-refractivity contribution < 1.29 is 9.53 Å². The Balaban J connectivity index is 1.94. The van der Waals surface area contributed by atoms with Crippen molar-refractivity contribution in [3.63, 3.8) is 0 Å². The molecular weight excluding hydrogens is 340 g/mol. The summed E-state index contributed by atoms with van der Waals surface area (Å²) >= 11 is 5.97. The van der Waals surface area contributed by atoms with Gasteiger partial charge in [0.05, 0.1) is 17.9 Å². The maximum atomic E-state index is 12.1. The second kappa shape index (κ2) is 7.23. The topological polar surface area (TPSA) is 59.0 Å². The molecular formula is C19H19ClN2O3. The lowest BCUT2D eigenvalue weighted by Gasteiger charge is -2.13. The van der Waals surface area contributed by atoms with Crippen LogP contribution in [0, 0.1) is 11.8 Å². The third-order valence-corrected chi connectivity index (χ3v) is 4.78. The van der Waals surface area contributed by atoms with Crippen molar-refractivity contribution in [2.75, 3.05) is 6.61 Å². The standard InChI is InChI=1S/C19H19ClN2O3/c1-3-25-19(23)22(21-24)18-16(13-6-4-12(2)5-7-13)17(18)14-8-10-15(20)11-9-14/h4-11,16-18H,3H2,1-2H3/t16-,17-,18?/m0/s1. The molecule has 130 valence electrons. The van der Waals surface area contributed by atoms with Crippen molar-refractivity contribution in [1.82, 2.24) is 5.01 Å². The minimum Gasteiger partial charge on any atom is -0.448 e. The van der Waals surface area contributed by atoms with E-state index in [0.717, 1.165) is 21.7 Å². The summed E-state index contributed by atoms with van der Waals surface area (Å²) in [6.07, 6.45) is -0.712. The lowest BCUT2D eigenvalue weighted by Crippen LogP contribution is -2.29. The van der Waals surface area contributed by atoms with E-state index in [1.165, 1.54) is 0 Å². The number of ether oxygens (including phenoxy) is 1. The molecule has 3 rings (SSSR count). The van der Waals surface area contributed by atoms with Gasteiger partial charge in [0.2, 0.25) is 0 Å². The molecule has 1 amide bonds. The fraction of sp³-hybridized carbons (Fsp3) is 0.316. The van der Waals surface area contributed by atoms with Gasteiger partial charge in [-0.1, -0.05) is 53.6 Å². The van der Waals surface area contributed by atoms with E-state index in [2.05, 4.69) is 5.29 Å². The van der Waals surface area contributed by atoms with E-state index in [0.29, 0.717) is 5.02 Å². The number of nitrogens with zero attached hydrogens (tertiary/aromatic N) is 2. The molecule has 25 heavy (non-hydrogen) atoms. The fourth-order valence-corrected chi connectivity index (χ4v) is 3.41. The van der Waals surface area contributed by atoms with Crippen LogP contribution < -0.4 is 0 Å². The average Bonchev–Trinajstić information content (AvgIpc) is 3.32. The van der Waals surface area contributed by atoms with E-state index in [1.54, 1.807) is 6.92 Å². The van der Waals surface area contributed by atoms with Gasteiger partial charge in [0.25, 0.3) is 0 Å². The van der Waals surface area contributed by atoms with Crippen molar-refractivity contribution in [3.05, 3.63) is 75.2 Å². The number of aryl methyl sites for hydroxylation is 1. The number of hydrogen-bond donors (Lipinski definition) is 0. The summed E-state index contributed by atoms with van der Waals surface area (Å²) in [5, 5.41) is 4.50. The van der Waals surface area contributed by atoms with Crippen molar-refractivity contribution in [2.45, 2.75) is 31.7 Å². The van der Waals surface area contributed by atoms with Crippen LogP contribution in [0.2, 0.25) is 5.02 Å². The number of benzene rings is 2. The molecule has 0 N–H and O–H groups in total. The Morgan fingerprint density at radius 3 is 2.08 bits per heavy atom. The summed E-state index contributed by atoms with van der Waals surface area (Å²) in [5.41, 5.74) is 3.23. The van der Waals surface area contributed by atoms with Crippen LogP contribution in [0.1, 0.15) is 35.4 Å². The molecule has 3 atom stereocenters. The SMILES string of the molecule is CCOC(=O)N(N=O)C1[C@@H](c2ccc(C)cc2)[C@@H]1c1ccc(Cl)cc1. The predicted octanol–water partition coefficient (Wildman–Crippen LogP) is 5.04. The number of nitroso groups, excluding NO2 is 1. The zero-order valence-corrected chi connectivity index (χ0v) is 14.8. The minimum atomic E-state index is -0.712. The van der Waals surface area contributed by atoms with Gasteiger partial charge in [-0.05, 0) is 37.1 Å². The minimum absolute atomic E-state index is 0.0103. The fourth-order valence-electron chi connectivity index (χ4n) is 3.28. The van der Waals surface area contributed by atoms with E-state index in [-0.39, 0.29) is 24.5 Å². The zero-order valence-electron chi connectivity index (χ0n) is 14.1. The Hall–Kier alpha value is -2.40. The van der Waals surface area contributed by atoms with Crippen molar-refractivity contribution in [2.24, 2.45) is 5.29 Å². The van der Waals surface area contributed by atoms with Crippen LogP contribution in [0.3, 0.4) is 0 Å². The molecule has 1 aliphatic carbocycles. The normalized spacial score (nSPS) is 21.5. The molecule has 0 aromatic heterocycles. The molecule has 1 unspecified atom stereocenters. The van der Waals surface area contributed by atoms with Gasteiger partial charge in [-0.15, -0.1) is 4.91 Å². The quantitative estimate of drug-likeness (QED) is 0.555. The second-order valence-electron chi connectivity index (χ2n) is 6.13. The Morgan fingerprint density at radius 2 is 1.60 bits per heavy atom. The van der Waals surface area contributed by atoms with Crippen LogP contribution in [-0.2, 0) is 4.74 Å². The van der Waals surface area contributed by atoms with Crippen molar-refractivity contribution >= 4 is 17.7 Å². The zero-order chi connectivity index (χ0) is 18.0. The lowest BCUT2D eigenvalue weighted by molar-refractivity contribution is 0.104. The Kier molecular flexibility index (Phi) is 5.04. The van der Waals surface area contributed by atoms with E-state index >= 15 is 0 Å². The summed E-state index contributed by atoms with van der Waals surface area (Å²) in [7, 11) is 0. The first-order chi connectivity index (χ1) is 12.1.